The van der Waals surface area contributed by atoms with Gasteiger partial charge >= 0.3 is 0 Å². The molecular formula is C22H30N8. The number of rotatable bonds is 7. The van der Waals surface area contributed by atoms with Gasteiger partial charge in [0, 0.05) is 42.3 Å². The van der Waals surface area contributed by atoms with Crippen molar-refractivity contribution in [2.45, 2.75) is 62.9 Å². The topological polar surface area (TPSA) is 110 Å². The van der Waals surface area contributed by atoms with E-state index in [2.05, 4.69) is 25.6 Å². The average molecular weight is 407 g/mol. The van der Waals surface area contributed by atoms with Gasteiger partial charge in [-0.25, -0.2) is 9.97 Å². The Labute approximate surface area is 176 Å². The summed E-state index contributed by atoms with van der Waals surface area (Å²) in [5, 5.41) is 14.9. The van der Waals surface area contributed by atoms with Crippen LogP contribution in [0.5, 0.6) is 0 Å². The quantitative estimate of drug-likeness (QED) is 0.556. The van der Waals surface area contributed by atoms with E-state index in [4.69, 9.17) is 10.7 Å². The molecule has 8 heteroatoms. The first kappa shape index (κ1) is 19.2. The van der Waals surface area contributed by atoms with Crippen LogP contribution in [0.3, 0.4) is 0 Å². The molecule has 3 aromatic heterocycles. The number of nitrogens with two attached hydrogens (primary N) is 1. The molecule has 0 aliphatic heterocycles. The monoisotopic (exact) mass is 406 g/mol. The SMILES string of the molecule is Cn1ncc(-c2ccnc(NC3CCC(N)(Cc4cn[nH]c4)CC3)n2)c1CC1CC1. The molecule has 0 unspecified atom stereocenters. The number of H-pyrrole nitrogens is 1. The summed E-state index contributed by atoms with van der Waals surface area (Å²) in [4.78, 5) is 9.29. The minimum atomic E-state index is -0.155. The number of hydrogen-bond donors (Lipinski definition) is 3. The van der Waals surface area contributed by atoms with Crippen molar-refractivity contribution in [3.8, 4) is 11.3 Å². The molecule has 0 radical (unpaired) electrons. The minimum Gasteiger partial charge on any atom is -0.351 e. The van der Waals surface area contributed by atoms with Crippen LogP contribution in [0.1, 0.15) is 49.8 Å². The zero-order chi connectivity index (χ0) is 20.6. The molecule has 158 valence electrons. The molecular weight excluding hydrogens is 376 g/mol. The van der Waals surface area contributed by atoms with Crippen molar-refractivity contribution in [3.05, 3.63) is 42.1 Å². The lowest BCUT2D eigenvalue weighted by atomic mass is 9.77. The fraction of sp³-hybridized carbons (Fsp3) is 0.545. The van der Waals surface area contributed by atoms with Gasteiger partial charge in [0.05, 0.1) is 18.1 Å². The Morgan fingerprint density at radius 1 is 1.23 bits per heavy atom. The molecule has 2 aliphatic carbocycles. The van der Waals surface area contributed by atoms with Gasteiger partial charge in [-0.05, 0) is 68.9 Å². The molecule has 5 rings (SSSR count). The van der Waals surface area contributed by atoms with Crippen LogP contribution < -0.4 is 11.1 Å². The van der Waals surface area contributed by atoms with Crippen LogP contribution in [-0.2, 0) is 19.9 Å². The third-order valence-electron chi connectivity index (χ3n) is 6.60. The molecule has 30 heavy (non-hydrogen) atoms. The number of nitrogens with one attached hydrogen (secondary N) is 2. The predicted molar refractivity (Wildman–Crippen MR) is 116 cm³/mol. The fourth-order valence-corrected chi connectivity index (χ4v) is 4.57. The van der Waals surface area contributed by atoms with Crippen molar-refractivity contribution in [2.24, 2.45) is 18.7 Å². The Morgan fingerprint density at radius 2 is 2.07 bits per heavy atom. The minimum absolute atomic E-state index is 0.155. The lowest BCUT2D eigenvalue weighted by Crippen LogP contribution is -2.47. The summed E-state index contributed by atoms with van der Waals surface area (Å²) < 4.78 is 1.99. The molecule has 4 N–H and O–H groups in total. The molecule has 2 saturated carbocycles. The Hall–Kier alpha value is -2.74. The standard InChI is InChI=1S/C22H30N8/c1-30-20(10-15-2-3-15)18(14-27-30)19-6-9-24-21(29-19)28-17-4-7-22(23,8-5-17)11-16-12-25-26-13-16/h6,9,12-15,17H,2-5,7-8,10-11,23H2,1H3,(H,25,26)(H,24,28,29). The molecule has 0 atom stereocenters. The molecule has 2 aliphatic rings. The first-order chi connectivity index (χ1) is 14.6. The van der Waals surface area contributed by atoms with Gasteiger partial charge in [0.25, 0.3) is 0 Å². The van der Waals surface area contributed by atoms with Crippen LogP contribution in [0, 0.1) is 5.92 Å². The zero-order valence-electron chi connectivity index (χ0n) is 17.5. The van der Waals surface area contributed by atoms with Crippen LogP contribution in [-0.4, -0.2) is 41.5 Å². The molecule has 2 fully saturated rings. The molecule has 0 aromatic carbocycles. The van der Waals surface area contributed by atoms with Gasteiger partial charge in [0.1, 0.15) is 0 Å². The summed E-state index contributed by atoms with van der Waals surface area (Å²) in [5.41, 5.74) is 11.0. The summed E-state index contributed by atoms with van der Waals surface area (Å²) in [6.45, 7) is 0. The van der Waals surface area contributed by atoms with Gasteiger partial charge in [-0.3, -0.25) is 9.78 Å². The van der Waals surface area contributed by atoms with E-state index in [9.17, 15) is 0 Å². The Bertz CT molecular complexity index is 980. The summed E-state index contributed by atoms with van der Waals surface area (Å²) in [5.74, 6) is 1.50. The number of nitrogens with zero attached hydrogens (tertiary/aromatic N) is 5. The summed E-state index contributed by atoms with van der Waals surface area (Å²) in [7, 11) is 2.02. The Kier molecular flexibility index (Phi) is 5.02. The molecule has 3 heterocycles. The first-order valence-electron chi connectivity index (χ1n) is 11.0. The van der Waals surface area contributed by atoms with Crippen molar-refractivity contribution in [3.63, 3.8) is 0 Å². The second-order valence-corrected chi connectivity index (χ2v) is 9.11. The summed E-state index contributed by atoms with van der Waals surface area (Å²) >= 11 is 0. The highest BCUT2D eigenvalue weighted by molar-refractivity contribution is 5.62. The predicted octanol–water partition coefficient (Wildman–Crippen LogP) is 2.85. The van der Waals surface area contributed by atoms with Crippen molar-refractivity contribution in [1.82, 2.24) is 29.9 Å². The second-order valence-electron chi connectivity index (χ2n) is 9.11. The van der Waals surface area contributed by atoms with Crippen LogP contribution in [0.2, 0.25) is 0 Å². The maximum absolute atomic E-state index is 6.66. The highest BCUT2D eigenvalue weighted by Gasteiger charge is 2.32. The summed E-state index contributed by atoms with van der Waals surface area (Å²) in [6, 6.07) is 2.33. The van der Waals surface area contributed by atoms with E-state index in [1.54, 1.807) is 0 Å². The van der Waals surface area contributed by atoms with Gasteiger partial charge in [-0.1, -0.05) is 0 Å². The molecule has 0 bridgehead atoms. The van der Waals surface area contributed by atoms with Gasteiger partial charge in [-0.2, -0.15) is 10.2 Å². The molecule has 0 spiro atoms. The van der Waals surface area contributed by atoms with Crippen LogP contribution in [0.15, 0.2) is 30.9 Å². The second kappa shape index (κ2) is 7.83. The van der Waals surface area contributed by atoms with Gasteiger partial charge in [0.2, 0.25) is 5.95 Å². The first-order valence-corrected chi connectivity index (χ1v) is 11.0. The van der Waals surface area contributed by atoms with Crippen LogP contribution in [0.25, 0.3) is 11.3 Å². The number of anilines is 1. The van der Waals surface area contributed by atoms with E-state index < -0.39 is 0 Å². The van der Waals surface area contributed by atoms with E-state index in [1.807, 2.05) is 42.6 Å². The molecule has 3 aromatic rings. The Morgan fingerprint density at radius 3 is 2.80 bits per heavy atom. The third kappa shape index (κ3) is 4.23. The van der Waals surface area contributed by atoms with Crippen molar-refractivity contribution in [1.29, 1.82) is 0 Å². The van der Waals surface area contributed by atoms with Crippen LogP contribution >= 0.6 is 0 Å². The van der Waals surface area contributed by atoms with Crippen molar-refractivity contribution >= 4 is 5.95 Å². The molecule has 0 saturated heterocycles. The van der Waals surface area contributed by atoms with Crippen molar-refractivity contribution in [2.75, 3.05) is 5.32 Å². The maximum Gasteiger partial charge on any atom is 0.223 e. The molecule has 0 amide bonds. The molecule has 8 nitrogen and oxygen atoms in total. The van der Waals surface area contributed by atoms with E-state index in [0.717, 1.165) is 55.7 Å². The van der Waals surface area contributed by atoms with E-state index >= 15 is 0 Å². The largest absolute Gasteiger partial charge is 0.351 e. The number of hydrogen-bond acceptors (Lipinski definition) is 6. The number of aromatic amines is 1. The number of aryl methyl sites for hydroxylation is 1. The lowest BCUT2D eigenvalue weighted by molar-refractivity contribution is 0.279. The Balaban J connectivity index is 1.24. The van der Waals surface area contributed by atoms with E-state index in [0.29, 0.717) is 12.0 Å². The van der Waals surface area contributed by atoms with E-state index in [-0.39, 0.29) is 5.54 Å². The smallest absolute Gasteiger partial charge is 0.223 e. The summed E-state index contributed by atoms with van der Waals surface area (Å²) in [6.07, 6.45) is 16.2. The maximum atomic E-state index is 6.66. The lowest BCUT2D eigenvalue weighted by Gasteiger charge is -2.37. The average Bonchev–Trinajstić information content (AvgIpc) is 3.29. The van der Waals surface area contributed by atoms with Gasteiger partial charge < -0.3 is 11.1 Å². The number of aromatic nitrogens is 6. The van der Waals surface area contributed by atoms with Gasteiger partial charge in [-0.15, -0.1) is 0 Å². The third-order valence-corrected chi connectivity index (χ3v) is 6.60. The van der Waals surface area contributed by atoms with Gasteiger partial charge in [0.15, 0.2) is 0 Å². The van der Waals surface area contributed by atoms with Crippen LogP contribution in [0.4, 0.5) is 5.95 Å². The van der Waals surface area contributed by atoms with E-state index in [1.165, 1.54) is 24.1 Å². The fourth-order valence-electron chi connectivity index (χ4n) is 4.57. The highest BCUT2D eigenvalue weighted by Crippen LogP contribution is 2.35. The zero-order valence-corrected chi connectivity index (χ0v) is 17.5. The normalized spacial score (nSPS) is 24.1. The highest BCUT2D eigenvalue weighted by atomic mass is 15.3. The van der Waals surface area contributed by atoms with Crippen molar-refractivity contribution < 1.29 is 0 Å².